The Morgan fingerprint density at radius 2 is 1.10 bits per heavy atom. The zero-order valence-electron chi connectivity index (χ0n) is 26.8. The number of fused-ring (bicyclic) bond motifs is 10. The molecule has 11 rings (SSSR count). The smallest absolute Gasteiger partial charge is 0.235 e. The fraction of sp³-hybridized carbons (Fsp3) is 0. The van der Waals surface area contributed by atoms with Gasteiger partial charge in [0.2, 0.25) is 5.95 Å². The molecular weight excluding hydrogens is 611 g/mol. The summed E-state index contributed by atoms with van der Waals surface area (Å²) in [4.78, 5) is 10.6. The number of rotatable bonds is 3. The van der Waals surface area contributed by atoms with E-state index in [0.717, 1.165) is 55.1 Å². The summed E-state index contributed by atoms with van der Waals surface area (Å²) in [5.74, 6) is 0.636. The molecule has 8 aromatic carbocycles. The fourth-order valence-corrected chi connectivity index (χ4v) is 7.81. The van der Waals surface area contributed by atoms with E-state index in [2.05, 4.69) is 162 Å². The Morgan fingerprint density at radius 1 is 0.400 bits per heavy atom. The molecule has 0 aliphatic heterocycles. The van der Waals surface area contributed by atoms with Gasteiger partial charge in [-0.3, -0.25) is 4.57 Å². The van der Waals surface area contributed by atoms with Crippen LogP contribution < -0.4 is 0 Å². The number of furan rings is 1. The van der Waals surface area contributed by atoms with Gasteiger partial charge in [-0.25, -0.2) is 9.97 Å². The second kappa shape index (κ2) is 10.4. The van der Waals surface area contributed by atoms with Crippen LogP contribution in [0.2, 0.25) is 0 Å². The molecule has 0 aliphatic carbocycles. The summed E-state index contributed by atoms with van der Waals surface area (Å²) in [6.45, 7) is 0. The highest BCUT2D eigenvalue weighted by Gasteiger charge is 2.20. The van der Waals surface area contributed by atoms with E-state index in [0.29, 0.717) is 5.95 Å². The average Bonchev–Trinajstić information content (AvgIpc) is 3.71. The summed E-state index contributed by atoms with van der Waals surface area (Å²) >= 11 is 0. The first-order valence-corrected chi connectivity index (χ1v) is 16.9. The van der Waals surface area contributed by atoms with Gasteiger partial charge in [0.15, 0.2) is 0 Å². The van der Waals surface area contributed by atoms with Crippen molar-refractivity contribution in [3.63, 3.8) is 0 Å². The Balaban J connectivity index is 1.18. The van der Waals surface area contributed by atoms with Gasteiger partial charge in [0, 0.05) is 32.5 Å². The Labute approximate surface area is 286 Å². The highest BCUT2D eigenvalue weighted by molar-refractivity contribution is 6.22. The molecule has 3 aromatic heterocycles. The Hall–Kier alpha value is -6.78. The van der Waals surface area contributed by atoms with E-state index in [1.807, 2.05) is 6.07 Å². The van der Waals surface area contributed by atoms with Crippen molar-refractivity contribution < 1.29 is 4.42 Å². The molecule has 0 fully saturated rings. The van der Waals surface area contributed by atoms with Gasteiger partial charge in [-0.2, -0.15) is 0 Å². The van der Waals surface area contributed by atoms with Crippen LogP contribution in [0.1, 0.15) is 0 Å². The van der Waals surface area contributed by atoms with Crippen LogP contribution >= 0.6 is 0 Å². The normalized spacial score (nSPS) is 12.0. The quantitative estimate of drug-likeness (QED) is 0.194. The van der Waals surface area contributed by atoms with E-state index >= 15 is 0 Å². The van der Waals surface area contributed by atoms with Crippen molar-refractivity contribution in [3.05, 3.63) is 164 Å². The van der Waals surface area contributed by atoms with Crippen molar-refractivity contribution in [1.82, 2.24) is 14.5 Å². The highest BCUT2D eigenvalue weighted by Crippen LogP contribution is 2.40. The molecule has 0 saturated carbocycles. The third-order valence-corrected chi connectivity index (χ3v) is 10.2. The molecule has 50 heavy (non-hydrogen) atoms. The van der Waals surface area contributed by atoms with Crippen LogP contribution in [-0.2, 0) is 0 Å². The maximum absolute atomic E-state index is 6.49. The first-order valence-electron chi connectivity index (χ1n) is 16.9. The number of benzene rings is 8. The SMILES string of the molecule is c1ccc(-c2ccc3c(c2)c2c4ccccc4ccc2n3-c2nc(-c3ccc4c(c3)oc3cc5ccccc5cc34)c3ccccc3n2)cc1. The highest BCUT2D eigenvalue weighted by atomic mass is 16.3. The second-order valence-electron chi connectivity index (χ2n) is 13.0. The van der Waals surface area contributed by atoms with E-state index in [1.54, 1.807) is 0 Å². The Morgan fingerprint density at radius 3 is 1.98 bits per heavy atom. The lowest BCUT2D eigenvalue weighted by molar-refractivity contribution is 0.669. The van der Waals surface area contributed by atoms with Crippen LogP contribution in [-0.4, -0.2) is 14.5 Å². The van der Waals surface area contributed by atoms with Crippen molar-refractivity contribution in [2.45, 2.75) is 0 Å². The molecule has 0 aliphatic rings. The largest absolute Gasteiger partial charge is 0.456 e. The molecule has 0 N–H and O–H groups in total. The Bertz CT molecular complexity index is 3150. The second-order valence-corrected chi connectivity index (χ2v) is 13.0. The van der Waals surface area contributed by atoms with Crippen LogP contribution in [0, 0.1) is 0 Å². The molecule has 0 spiro atoms. The third kappa shape index (κ3) is 3.99. The van der Waals surface area contributed by atoms with Gasteiger partial charge in [-0.1, -0.05) is 115 Å². The van der Waals surface area contributed by atoms with Gasteiger partial charge in [0.25, 0.3) is 0 Å². The molecule has 4 heteroatoms. The standard InChI is InChI=1S/C46H27N3O/c1-2-10-28(11-3-1)32-20-22-40-38(25-32)44-34-15-7-6-12-29(34)19-23-41(44)49(40)46-47-39-17-9-8-16-36(39)45(48-46)33-18-21-35-37-24-30-13-4-5-14-31(30)26-43(37)50-42(35)27-33/h1-27H. The summed E-state index contributed by atoms with van der Waals surface area (Å²) in [5.41, 5.74) is 8.98. The van der Waals surface area contributed by atoms with Gasteiger partial charge in [0.05, 0.1) is 22.2 Å². The van der Waals surface area contributed by atoms with Gasteiger partial charge in [-0.15, -0.1) is 0 Å². The monoisotopic (exact) mass is 637 g/mol. The lowest BCUT2D eigenvalue weighted by atomic mass is 10.0. The number of hydrogen-bond acceptors (Lipinski definition) is 3. The molecule has 0 amide bonds. The topological polar surface area (TPSA) is 43.9 Å². The Kier molecular flexibility index (Phi) is 5.63. The number of hydrogen-bond donors (Lipinski definition) is 0. The molecule has 4 nitrogen and oxygen atoms in total. The van der Waals surface area contributed by atoms with E-state index in [9.17, 15) is 0 Å². The first kappa shape index (κ1) is 27.2. The number of aromatic nitrogens is 3. The minimum Gasteiger partial charge on any atom is -0.456 e. The lowest BCUT2D eigenvalue weighted by Gasteiger charge is -2.12. The minimum atomic E-state index is 0.636. The minimum absolute atomic E-state index is 0.636. The van der Waals surface area contributed by atoms with Crippen molar-refractivity contribution in [2.75, 3.05) is 0 Å². The van der Waals surface area contributed by atoms with Crippen LogP contribution in [0.5, 0.6) is 0 Å². The summed E-state index contributed by atoms with van der Waals surface area (Å²) in [5, 5.41) is 10.4. The van der Waals surface area contributed by atoms with Gasteiger partial charge < -0.3 is 4.42 Å². The molecule has 0 bridgehead atoms. The summed E-state index contributed by atoms with van der Waals surface area (Å²) < 4.78 is 8.72. The van der Waals surface area contributed by atoms with E-state index in [1.165, 1.54) is 43.4 Å². The van der Waals surface area contributed by atoms with Crippen LogP contribution in [0.25, 0.3) is 105 Å². The van der Waals surface area contributed by atoms with Crippen molar-refractivity contribution in [3.8, 4) is 28.3 Å². The van der Waals surface area contributed by atoms with E-state index < -0.39 is 0 Å². The van der Waals surface area contributed by atoms with E-state index in [-0.39, 0.29) is 0 Å². The molecule has 0 radical (unpaired) electrons. The van der Waals surface area contributed by atoms with Crippen molar-refractivity contribution in [2.24, 2.45) is 0 Å². The van der Waals surface area contributed by atoms with Crippen LogP contribution in [0.4, 0.5) is 0 Å². The molecule has 0 atom stereocenters. The average molecular weight is 638 g/mol. The van der Waals surface area contributed by atoms with E-state index in [4.69, 9.17) is 14.4 Å². The number of para-hydroxylation sites is 1. The van der Waals surface area contributed by atoms with Gasteiger partial charge in [-0.05, 0) is 81.2 Å². The van der Waals surface area contributed by atoms with Gasteiger partial charge in [0.1, 0.15) is 11.2 Å². The third-order valence-electron chi connectivity index (χ3n) is 10.2. The molecule has 232 valence electrons. The number of nitrogens with zero attached hydrogens (tertiary/aromatic N) is 3. The molecule has 0 unspecified atom stereocenters. The summed E-state index contributed by atoms with van der Waals surface area (Å²) in [6.07, 6.45) is 0. The summed E-state index contributed by atoms with van der Waals surface area (Å²) in [7, 11) is 0. The first-order chi connectivity index (χ1) is 24.8. The predicted molar refractivity (Wildman–Crippen MR) is 207 cm³/mol. The van der Waals surface area contributed by atoms with Crippen LogP contribution in [0.15, 0.2) is 168 Å². The maximum atomic E-state index is 6.49. The lowest BCUT2D eigenvalue weighted by Crippen LogP contribution is -2.03. The molecular formula is C46H27N3O. The van der Waals surface area contributed by atoms with Crippen LogP contribution in [0.3, 0.4) is 0 Å². The summed E-state index contributed by atoms with van der Waals surface area (Å²) in [6, 6.07) is 57.9. The van der Waals surface area contributed by atoms with Gasteiger partial charge >= 0.3 is 0 Å². The zero-order chi connectivity index (χ0) is 32.8. The molecule has 11 aromatic rings. The predicted octanol–water partition coefficient (Wildman–Crippen LogP) is 12.3. The maximum Gasteiger partial charge on any atom is 0.235 e. The van der Waals surface area contributed by atoms with Crippen molar-refractivity contribution in [1.29, 1.82) is 0 Å². The molecule has 0 saturated heterocycles. The fourth-order valence-electron chi connectivity index (χ4n) is 7.81. The van der Waals surface area contributed by atoms with Crippen molar-refractivity contribution >= 4 is 76.2 Å². The molecule has 3 heterocycles. The zero-order valence-corrected chi connectivity index (χ0v) is 26.8.